The average molecular weight is 287 g/mol. The summed E-state index contributed by atoms with van der Waals surface area (Å²) in [6.45, 7) is 6.61. The molecule has 0 bridgehead atoms. The second-order valence-electron chi connectivity index (χ2n) is 4.55. The zero-order chi connectivity index (χ0) is 14.9. The highest BCUT2D eigenvalue weighted by molar-refractivity contribution is 5.21. The van der Waals surface area contributed by atoms with Crippen LogP contribution < -0.4 is 14.8 Å². The Hall–Kier alpha value is -2.14. The van der Waals surface area contributed by atoms with E-state index in [1.165, 1.54) is 0 Å². The van der Waals surface area contributed by atoms with E-state index in [2.05, 4.69) is 22.2 Å². The van der Waals surface area contributed by atoms with Crippen LogP contribution in [-0.4, -0.2) is 29.7 Å². The number of hydrogen-bond acceptors (Lipinski definition) is 5. The third kappa shape index (κ3) is 5.04. The Morgan fingerprint density at radius 3 is 2.57 bits per heavy atom. The molecule has 0 saturated carbocycles. The summed E-state index contributed by atoms with van der Waals surface area (Å²) in [7, 11) is 0. The minimum atomic E-state index is 0.393. The maximum absolute atomic E-state index is 5.54. The molecule has 21 heavy (non-hydrogen) atoms. The molecular weight excluding hydrogens is 266 g/mol. The first-order valence-corrected chi connectivity index (χ1v) is 7.13. The van der Waals surface area contributed by atoms with Crippen LogP contribution in [0.15, 0.2) is 36.5 Å². The van der Waals surface area contributed by atoms with Crippen LogP contribution in [0.2, 0.25) is 0 Å². The number of aryl methyl sites for hydroxylation is 1. The molecule has 1 aromatic carbocycles. The summed E-state index contributed by atoms with van der Waals surface area (Å²) >= 11 is 0. The Balaban J connectivity index is 1.77. The van der Waals surface area contributed by atoms with Crippen molar-refractivity contribution in [1.29, 1.82) is 0 Å². The van der Waals surface area contributed by atoms with Gasteiger partial charge in [-0.3, -0.25) is 0 Å². The van der Waals surface area contributed by atoms with Crippen molar-refractivity contribution in [3.63, 3.8) is 0 Å². The first kappa shape index (κ1) is 15.3. The van der Waals surface area contributed by atoms with Gasteiger partial charge in [0.1, 0.15) is 19.0 Å². The number of para-hydroxylation sites is 1. The third-order valence-corrected chi connectivity index (χ3v) is 2.95. The fourth-order valence-electron chi connectivity index (χ4n) is 1.78. The Labute approximate surface area is 125 Å². The number of nitrogens with zero attached hydrogens (tertiary/aromatic N) is 2. The SMILES string of the molecule is CCNCc1cnc(OCCOc2ccccc2)nc1C. The van der Waals surface area contributed by atoms with Crippen LogP contribution in [0.3, 0.4) is 0 Å². The Bertz CT molecular complexity index is 546. The van der Waals surface area contributed by atoms with Crippen LogP contribution in [0.25, 0.3) is 0 Å². The molecule has 0 amide bonds. The molecule has 0 aliphatic carbocycles. The third-order valence-electron chi connectivity index (χ3n) is 2.95. The molecule has 1 heterocycles. The van der Waals surface area contributed by atoms with Crippen LogP contribution >= 0.6 is 0 Å². The Morgan fingerprint density at radius 2 is 1.86 bits per heavy atom. The lowest BCUT2D eigenvalue weighted by atomic mass is 10.2. The van der Waals surface area contributed by atoms with Gasteiger partial charge in [-0.2, -0.15) is 0 Å². The molecule has 2 rings (SSSR count). The van der Waals surface area contributed by atoms with Crippen molar-refractivity contribution in [1.82, 2.24) is 15.3 Å². The molecule has 0 unspecified atom stereocenters. The lowest BCUT2D eigenvalue weighted by Gasteiger charge is -2.09. The van der Waals surface area contributed by atoms with Gasteiger partial charge in [0.25, 0.3) is 0 Å². The van der Waals surface area contributed by atoms with E-state index in [-0.39, 0.29) is 0 Å². The smallest absolute Gasteiger partial charge is 0.316 e. The first-order valence-electron chi connectivity index (χ1n) is 7.13. The van der Waals surface area contributed by atoms with Crippen LogP contribution in [0.1, 0.15) is 18.2 Å². The van der Waals surface area contributed by atoms with Gasteiger partial charge in [-0.05, 0) is 25.6 Å². The maximum Gasteiger partial charge on any atom is 0.316 e. The van der Waals surface area contributed by atoms with E-state index in [9.17, 15) is 0 Å². The number of rotatable bonds is 8. The highest BCUT2D eigenvalue weighted by Gasteiger charge is 2.04. The molecule has 0 aliphatic heterocycles. The molecule has 0 radical (unpaired) electrons. The number of aromatic nitrogens is 2. The van der Waals surface area contributed by atoms with E-state index in [4.69, 9.17) is 9.47 Å². The van der Waals surface area contributed by atoms with Gasteiger partial charge >= 0.3 is 6.01 Å². The van der Waals surface area contributed by atoms with E-state index in [1.54, 1.807) is 6.20 Å². The standard InChI is InChI=1S/C16H21N3O2/c1-3-17-11-14-12-18-16(19-13(14)2)21-10-9-20-15-7-5-4-6-8-15/h4-8,12,17H,3,9-11H2,1-2H3. The summed E-state index contributed by atoms with van der Waals surface area (Å²) in [5, 5.41) is 3.25. The van der Waals surface area contributed by atoms with Crippen LogP contribution in [-0.2, 0) is 6.54 Å². The van der Waals surface area contributed by atoms with E-state index in [0.29, 0.717) is 19.2 Å². The zero-order valence-corrected chi connectivity index (χ0v) is 12.5. The molecule has 0 aliphatic rings. The van der Waals surface area contributed by atoms with E-state index in [1.807, 2.05) is 37.3 Å². The number of benzene rings is 1. The molecule has 0 saturated heterocycles. The lowest BCUT2D eigenvalue weighted by Crippen LogP contribution is -2.15. The first-order chi connectivity index (χ1) is 10.3. The maximum atomic E-state index is 5.54. The van der Waals surface area contributed by atoms with Crippen LogP contribution in [0, 0.1) is 6.92 Å². The fraction of sp³-hybridized carbons (Fsp3) is 0.375. The van der Waals surface area contributed by atoms with Crippen molar-refractivity contribution in [3.05, 3.63) is 47.8 Å². The van der Waals surface area contributed by atoms with Gasteiger partial charge in [0.15, 0.2) is 0 Å². The van der Waals surface area contributed by atoms with E-state index in [0.717, 1.165) is 30.1 Å². The lowest BCUT2D eigenvalue weighted by molar-refractivity contribution is 0.205. The molecule has 0 fully saturated rings. The highest BCUT2D eigenvalue weighted by Crippen LogP contribution is 2.10. The summed E-state index contributed by atoms with van der Waals surface area (Å²) in [5.41, 5.74) is 2.02. The van der Waals surface area contributed by atoms with Gasteiger partial charge < -0.3 is 14.8 Å². The molecule has 0 spiro atoms. The molecule has 1 N–H and O–H groups in total. The van der Waals surface area contributed by atoms with E-state index < -0.39 is 0 Å². The normalized spacial score (nSPS) is 10.4. The van der Waals surface area contributed by atoms with Gasteiger partial charge in [-0.15, -0.1) is 0 Å². The van der Waals surface area contributed by atoms with Crippen molar-refractivity contribution in [3.8, 4) is 11.8 Å². The quantitative estimate of drug-likeness (QED) is 0.755. The van der Waals surface area contributed by atoms with Gasteiger partial charge in [-0.25, -0.2) is 9.97 Å². The van der Waals surface area contributed by atoms with Gasteiger partial charge in [0.05, 0.1) is 0 Å². The van der Waals surface area contributed by atoms with Gasteiger partial charge in [-0.1, -0.05) is 25.1 Å². The zero-order valence-electron chi connectivity index (χ0n) is 12.5. The Morgan fingerprint density at radius 1 is 1.10 bits per heavy atom. The minimum absolute atomic E-state index is 0.393. The highest BCUT2D eigenvalue weighted by atomic mass is 16.5. The second kappa shape index (κ2) is 8.21. The van der Waals surface area contributed by atoms with Crippen molar-refractivity contribution in [2.24, 2.45) is 0 Å². The summed E-state index contributed by atoms with van der Waals surface area (Å²) in [5.74, 6) is 0.833. The topological polar surface area (TPSA) is 56.3 Å². The monoisotopic (exact) mass is 287 g/mol. The molecule has 5 nitrogen and oxygen atoms in total. The largest absolute Gasteiger partial charge is 0.490 e. The number of ether oxygens (including phenoxy) is 2. The van der Waals surface area contributed by atoms with E-state index >= 15 is 0 Å². The predicted molar refractivity (Wildman–Crippen MR) is 81.6 cm³/mol. The number of nitrogens with one attached hydrogen (secondary N) is 1. The summed E-state index contributed by atoms with van der Waals surface area (Å²) in [6, 6.07) is 10.0. The Kier molecular flexibility index (Phi) is 5.97. The molecule has 2 aromatic rings. The van der Waals surface area contributed by atoms with Crippen LogP contribution in [0.5, 0.6) is 11.8 Å². The molecule has 5 heteroatoms. The second-order valence-corrected chi connectivity index (χ2v) is 4.55. The molecule has 0 atom stereocenters. The molecular formula is C16H21N3O2. The van der Waals surface area contributed by atoms with Crippen molar-refractivity contribution < 1.29 is 9.47 Å². The van der Waals surface area contributed by atoms with Crippen molar-refractivity contribution >= 4 is 0 Å². The number of hydrogen-bond donors (Lipinski definition) is 1. The van der Waals surface area contributed by atoms with Crippen molar-refractivity contribution in [2.45, 2.75) is 20.4 Å². The fourth-order valence-corrected chi connectivity index (χ4v) is 1.78. The summed E-state index contributed by atoms with van der Waals surface area (Å²) in [4.78, 5) is 8.55. The van der Waals surface area contributed by atoms with Gasteiger partial charge in [0, 0.05) is 24.0 Å². The van der Waals surface area contributed by atoms with Crippen molar-refractivity contribution in [2.75, 3.05) is 19.8 Å². The van der Waals surface area contributed by atoms with Crippen LogP contribution in [0.4, 0.5) is 0 Å². The molecule has 1 aromatic heterocycles. The summed E-state index contributed by atoms with van der Waals surface area (Å²) in [6.07, 6.45) is 1.80. The molecule has 112 valence electrons. The minimum Gasteiger partial charge on any atom is -0.490 e. The predicted octanol–water partition coefficient (Wildman–Crippen LogP) is 2.35. The average Bonchev–Trinajstić information content (AvgIpc) is 2.52. The summed E-state index contributed by atoms with van der Waals surface area (Å²) < 4.78 is 11.0. The van der Waals surface area contributed by atoms with Gasteiger partial charge in [0.2, 0.25) is 0 Å².